The van der Waals surface area contributed by atoms with Gasteiger partial charge in [0.2, 0.25) is 5.91 Å². The lowest BCUT2D eigenvalue weighted by Crippen LogP contribution is -2.53. The van der Waals surface area contributed by atoms with E-state index >= 15 is 0 Å². The van der Waals surface area contributed by atoms with Gasteiger partial charge in [-0.1, -0.05) is 48.5 Å². The van der Waals surface area contributed by atoms with Gasteiger partial charge in [0.25, 0.3) is 0 Å². The summed E-state index contributed by atoms with van der Waals surface area (Å²) in [6.45, 7) is 18.3. The second-order valence-electron chi connectivity index (χ2n) is 9.42. The number of hydrogen-bond donors (Lipinski definition) is 2. The lowest BCUT2D eigenvalue weighted by molar-refractivity contribution is -0.139. The largest absolute Gasteiger partial charge is 0.481 e. The topological polar surface area (TPSA) is 66.4 Å². The zero-order valence-electron chi connectivity index (χ0n) is 16.5. The standard InChI is InChI=1S/C19H37NO3/c1-13(2)10-19(9,14(3)4)16(23)20-18(7,8)12-17(5,6)11-15(21)22/h13-14H,10-12H2,1-9H3,(H,20,23)(H,21,22). The van der Waals surface area contributed by atoms with Gasteiger partial charge in [-0.25, -0.2) is 0 Å². The number of carboxylic acids is 1. The summed E-state index contributed by atoms with van der Waals surface area (Å²) in [5, 5.41) is 12.2. The molecule has 1 atom stereocenters. The van der Waals surface area contributed by atoms with Crippen molar-refractivity contribution < 1.29 is 14.7 Å². The number of aliphatic carboxylic acids is 1. The Bertz CT molecular complexity index is 424. The zero-order chi connectivity index (χ0) is 18.6. The van der Waals surface area contributed by atoms with E-state index in [0.29, 0.717) is 12.3 Å². The average molecular weight is 328 g/mol. The third-order valence-electron chi connectivity index (χ3n) is 4.63. The predicted molar refractivity (Wildman–Crippen MR) is 95.3 cm³/mol. The van der Waals surface area contributed by atoms with Crippen LogP contribution in [0.25, 0.3) is 0 Å². The van der Waals surface area contributed by atoms with Crippen LogP contribution in [0.15, 0.2) is 0 Å². The molecular formula is C19H37NO3. The minimum atomic E-state index is -0.802. The van der Waals surface area contributed by atoms with E-state index in [0.717, 1.165) is 6.42 Å². The van der Waals surface area contributed by atoms with Crippen molar-refractivity contribution in [1.29, 1.82) is 0 Å². The van der Waals surface area contributed by atoms with E-state index in [1.807, 2.05) is 34.6 Å². The van der Waals surface area contributed by atoms with Gasteiger partial charge < -0.3 is 10.4 Å². The van der Waals surface area contributed by atoms with Crippen LogP contribution >= 0.6 is 0 Å². The van der Waals surface area contributed by atoms with Crippen molar-refractivity contribution in [2.24, 2.45) is 22.7 Å². The number of nitrogens with one attached hydrogen (secondary N) is 1. The molecule has 0 rings (SSSR count). The van der Waals surface area contributed by atoms with Crippen LogP contribution in [0.3, 0.4) is 0 Å². The van der Waals surface area contributed by atoms with Crippen LogP contribution in [0, 0.1) is 22.7 Å². The van der Waals surface area contributed by atoms with Gasteiger partial charge in [0.1, 0.15) is 0 Å². The van der Waals surface area contributed by atoms with E-state index in [2.05, 4.69) is 33.0 Å². The summed E-state index contributed by atoms with van der Waals surface area (Å²) in [4.78, 5) is 23.9. The molecule has 0 spiro atoms. The number of carboxylic acid groups (broad SMARTS) is 1. The number of carbonyl (C=O) groups excluding carboxylic acids is 1. The number of rotatable bonds is 9. The summed E-state index contributed by atoms with van der Waals surface area (Å²) in [5.74, 6) is -0.0475. The molecule has 2 N–H and O–H groups in total. The van der Waals surface area contributed by atoms with Gasteiger partial charge in [0, 0.05) is 11.0 Å². The van der Waals surface area contributed by atoms with E-state index in [4.69, 9.17) is 5.11 Å². The van der Waals surface area contributed by atoms with Crippen molar-refractivity contribution in [3.63, 3.8) is 0 Å². The Morgan fingerprint density at radius 2 is 1.48 bits per heavy atom. The summed E-state index contributed by atoms with van der Waals surface area (Å²) >= 11 is 0. The Labute approximate surface area is 142 Å². The number of carbonyl (C=O) groups is 2. The van der Waals surface area contributed by atoms with Gasteiger partial charge in [0.15, 0.2) is 0 Å². The molecular weight excluding hydrogens is 290 g/mol. The molecule has 0 aliphatic heterocycles. The Balaban J connectivity index is 5.12. The SMILES string of the molecule is CC(C)CC(C)(C(=O)NC(C)(C)CC(C)(C)CC(=O)O)C(C)C. The molecule has 0 saturated carbocycles. The summed E-state index contributed by atoms with van der Waals surface area (Å²) < 4.78 is 0. The molecule has 0 radical (unpaired) electrons. The molecule has 1 amide bonds. The maximum atomic E-state index is 12.9. The van der Waals surface area contributed by atoms with Gasteiger partial charge in [-0.05, 0) is 43.9 Å². The maximum Gasteiger partial charge on any atom is 0.303 e. The molecule has 0 aliphatic carbocycles. The fourth-order valence-corrected chi connectivity index (χ4v) is 3.60. The highest BCUT2D eigenvalue weighted by Crippen LogP contribution is 2.37. The lowest BCUT2D eigenvalue weighted by atomic mass is 9.71. The molecule has 0 aromatic carbocycles. The Kier molecular flexibility index (Phi) is 7.32. The summed E-state index contributed by atoms with van der Waals surface area (Å²) in [6.07, 6.45) is 1.55. The quantitative estimate of drug-likeness (QED) is 0.656. The predicted octanol–water partition coefficient (Wildman–Crippen LogP) is 4.48. The fraction of sp³-hybridized carbons (Fsp3) is 0.895. The summed E-state index contributed by atoms with van der Waals surface area (Å²) in [6, 6.07) is 0. The Morgan fingerprint density at radius 3 is 1.83 bits per heavy atom. The van der Waals surface area contributed by atoms with E-state index in [1.165, 1.54) is 0 Å². The number of hydrogen-bond acceptors (Lipinski definition) is 2. The summed E-state index contributed by atoms with van der Waals surface area (Å²) in [7, 11) is 0. The van der Waals surface area contributed by atoms with Crippen molar-refractivity contribution in [2.75, 3.05) is 0 Å². The van der Waals surface area contributed by atoms with Gasteiger partial charge >= 0.3 is 5.97 Å². The molecule has 4 nitrogen and oxygen atoms in total. The first-order chi connectivity index (χ1) is 10.1. The van der Waals surface area contributed by atoms with Crippen molar-refractivity contribution in [2.45, 2.75) is 87.1 Å². The fourth-order valence-electron chi connectivity index (χ4n) is 3.60. The average Bonchev–Trinajstić information content (AvgIpc) is 2.22. The first-order valence-corrected chi connectivity index (χ1v) is 8.66. The third kappa shape index (κ3) is 7.36. The van der Waals surface area contributed by atoms with Crippen molar-refractivity contribution in [1.82, 2.24) is 5.32 Å². The van der Waals surface area contributed by atoms with Crippen molar-refractivity contribution >= 4 is 11.9 Å². The molecule has 0 aromatic rings. The highest BCUT2D eigenvalue weighted by Gasteiger charge is 2.40. The van der Waals surface area contributed by atoms with E-state index in [-0.39, 0.29) is 23.7 Å². The lowest BCUT2D eigenvalue weighted by Gasteiger charge is -2.40. The van der Waals surface area contributed by atoms with Crippen LogP contribution < -0.4 is 5.32 Å². The molecule has 0 heterocycles. The minimum absolute atomic E-state index is 0.0670. The molecule has 1 unspecified atom stereocenters. The normalized spacial score (nSPS) is 15.6. The highest BCUT2D eigenvalue weighted by atomic mass is 16.4. The molecule has 0 fully saturated rings. The molecule has 0 saturated heterocycles. The first kappa shape index (κ1) is 21.9. The first-order valence-electron chi connectivity index (χ1n) is 8.66. The smallest absolute Gasteiger partial charge is 0.303 e. The minimum Gasteiger partial charge on any atom is -0.481 e. The van der Waals surface area contributed by atoms with Gasteiger partial charge in [0.05, 0.1) is 6.42 Å². The molecule has 0 aromatic heterocycles. The van der Waals surface area contributed by atoms with Crippen molar-refractivity contribution in [3.8, 4) is 0 Å². The second-order valence-corrected chi connectivity index (χ2v) is 9.42. The summed E-state index contributed by atoms with van der Waals surface area (Å²) in [5.41, 5.74) is -1.22. The third-order valence-corrected chi connectivity index (χ3v) is 4.63. The van der Waals surface area contributed by atoms with Crippen LogP contribution in [-0.4, -0.2) is 22.5 Å². The molecule has 4 heteroatoms. The second kappa shape index (κ2) is 7.67. The van der Waals surface area contributed by atoms with Crippen LogP contribution in [-0.2, 0) is 9.59 Å². The van der Waals surface area contributed by atoms with Gasteiger partial charge in [-0.3, -0.25) is 9.59 Å². The molecule has 136 valence electrons. The monoisotopic (exact) mass is 327 g/mol. The molecule has 23 heavy (non-hydrogen) atoms. The Morgan fingerprint density at radius 1 is 1.00 bits per heavy atom. The Hall–Kier alpha value is -1.06. The van der Waals surface area contributed by atoms with Crippen LogP contribution in [0.1, 0.15) is 81.6 Å². The van der Waals surface area contributed by atoms with Crippen molar-refractivity contribution in [3.05, 3.63) is 0 Å². The molecule has 0 aliphatic rings. The number of amides is 1. The van der Waals surface area contributed by atoms with E-state index in [1.54, 1.807) is 0 Å². The van der Waals surface area contributed by atoms with E-state index < -0.39 is 16.9 Å². The van der Waals surface area contributed by atoms with Gasteiger partial charge in [-0.2, -0.15) is 0 Å². The highest BCUT2D eigenvalue weighted by molar-refractivity contribution is 5.83. The molecule has 0 bridgehead atoms. The van der Waals surface area contributed by atoms with Crippen LogP contribution in [0.2, 0.25) is 0 Å². The van der Waals surface area contributed by atoms with Crippen LogP contribution in [0.4, 0.5) is 0 Å². The van der Waals surface area contributed by atoms with E-state index in [9.17, 15) is 9.59 Å². The zero-order valence-corrected chi connectivity index (χ0v) is 16.5. The van der Waals surface area contributed by atoms with Crippen LogP contribution in [0.5, 0.6) is 0 Å². The van der Waals surface area contributed by atoms with Gasteiger partial charge in [-0.15, -0.1) is 0 Å². The maximum absolute atomic E-state index is 12.9.